The Labute approximate surface area is 74.3 Å². The van der Waals surface area contributed by atoms with Crippen LogP contribution in [0.2, 0.25) is 0 Å². The van der Waals surface area contributed by atoms with Crippen molar-refractivity contribution in [3.8, 4) is 0 Å². The van der Waals surface area contributed by atoms with Crippen molar-refractivity contribution in [2.75, 3.05) is 20.2 Å². The highest BCUT2D eigenvalue weighted by molar-refractivity contribution is 5.13. The molecule has 0 aliphatic carbocycles. The third-order valence-electron chi connectivity index (χ3n) is 1.81. The van der Waals surface area contributed by atoms with Gasteiger partial charge in [0, 0.05) is 0 Å². The van der Waals surface area contributed by atoms with Gasteiger partial charge in [-0.2, -0.15) is 0 Å². The van der Waals surface area contributed by atoms with Crippen molar-refractivity contribution >= 4 is 0 Å². The van der Waals surface area contributed by atoms with Crippen LogP contribution in [0.5, 0.6) is 0 Å². The van der Waals surface area contributed by atoms with E-state index >= 15 is 0 Å². The van der Waals surface area contributed by atoms with Crippen LogP contribution in [0.4, 0.5) is 0 Å². The zero-order valence-corrected chi connectivity index (χ0v) is 7.68. The highest BCUT2D eigenvalue weighted by atomic mass is 16.5. The number of hydrogen-bond donors (Lipinski definition) is 1. The lowest BCUT2D eigenvalue weighted by Gasteiger charge is -2.10. The first kappa shape index (κ1) is 9.33. The zero-order chi connectivity index (χ0) is 8.65. The van der Waals surface area contributed by atoms with E-state index in [4.69, 9.17) is 4.74 Å². The summed E-state index contributed by atoms with van der Waals surface area (Å²) in [5, 5.41) is 3.09. The van der Waals surface area contributed by atoms with Crippen molar-refractivity contribution in [2.24, 2.45) is 0 Å². The molecule has 0 aromatic rings. The second-order valence-electron chi connectivity index (χ2n) is 2.89. The third kappa shape index (κ3) is 3.58. The van der Waals surface area contributed by atoms with Crippen LogP contribution in [0, 0.1) is 0 Å². The third-order valence-corrected chi connectivity index (χ3v) is 1.81. The summed E-state index contributed by atoms with van der Waals surface area (Å²) >= 11 is 0. The minimum Gasteiger partial charge on any atom is -0.494 e. The predicted octanol–water partition coefficient (Wildman–Crippen LogP) is 1.85. The van der Waals surface area contributed by atoms with Gasteiger partial charge in [0.2, 0.25) is 0 Å². The van der Waals surface area contributed by atoms with Gasteiger partial charge in [-0.3, -0.25) is 0 Å². The van der Waals surface area contributed by atoms with Gasteiger partial charge in [-0.1, -0.05) is 6.08 Å². The van der Waals surface area contributed by atoms with E-state index in [2.05, 4.69) is 23.5 Å². The van der Waals surface area contributed by atoms with Gasteiger partial charge in [0.05, 0.1) is 6.61 Å². The number of nitrogens with one attached hydrogen (secondary N) is 1. The van der Waals surface area contributed by atoms with E-state index in [0.29, 0.717) is 0 Å². The molecule has 0 amide bonds. The topological polar surface area (TPSA) is 21.3 Å². The normalized spacial score (nSPS) is 17.6. The van der Waals surface area contributed by atoms with E-state index < -0.39 is 0 Å². The molecule has 0 atom stereocenters. The summed E-state index contributed by atoms with van der Waals surface area (Å²) in [7, 11) is 1.96. The Morgan fingerprint density at radius 3 is 3.25 bits per heavy atom. The molecule has 0 fully saturated rings. The summed E-state index contributed by atoms with van der Waals surface area (Å²) in [4.78, 5) is 0. The van der Waals surface area contributed by atoms with Crippen molar-refractivity contribution in [3.63, 3.8) is 0 Å². The van der Waals surface area contributed by atoms with Gasteiger partial charge >= 0.3 is 0 Å². The van der Waals surface area contributed by atoms with E-state index in [-0.39, 0.29) is 0 Å². The number of rotatable bonds is 4. The molecule has 1 rings (SSSR count). The second kappa shape index (κ2) is 5.84. The fraction of sp³-hybridized carbons (Fsp3) is 0.600. The maximum atomic E-state index is 5.41. The molecule has 68 valence electrons. The molecule has 0 aromatic heterocycles. The van der Waals surface area contributed by atoms with E-state index in [1.807, 2.05) is 7.05 Å². The molecule has 0 saturated carbocycles. The van der Waals surface area contributed by atoms with Crippen molar-refractivity contribution in [2.45, 2.75) is 19.3 Å². The summed E-state index contributed by atoms with van der Waals surface area (Å²) in [5.74, 6) is 1.04. The van der Waals surface area contributed by atoms with Gasteiger partial charge in [-0.15, -0.1) is 0 Å². The maximum Gasteiger partial charge on any atom is 0.114 e. The Balaban J connectivity index is 2.19. The quantitative estimate of drug-likeness (QED) is 0.645. The molecule has 0 radical (unpaired) electrons. The van der Waals surface area contributed by atoms with Crippen LogP contribution < -0.4 is 5.32 Å². The van der Waals surface area contributed by atoms with Crippen LogP contribution in [0.3, 0.4) is 0 Å². The molecular weight excluding hydrogens is 150 g/mol. The highest BCUT2D eigenvalue weighted by Crippen LogP contribution is 2.10. The molecule has 0 saturated heterocycles. The minimum absolute atomic E-state index is 0.877. The van der Waals surface area contributed by atoms with E-state index in [9.17, 15) is 0 Å². The Morgan fingerprint density at radius 1 is 1.67 bits per heavy atom. The fourth-order valence-electron chi connectivity index (χ4n) is 1.12. The molecule has 0 aromatic carbocycles. The summed E-state index contributed by atoms with van der Waals surface area (Å²) in [6.07, 6.45) is 9.75. The fourth-order valence-corrected chi connectivity index (χ4v) is 1.12. The zero-order valence-electron chi connectivity index (χ0n) is 7.68. The lowest BCUT2D eigenvalue weighted by atomic mass is 10.2. The van der Waals surface area contributed by atoms with Crippen LogP contribution in [0.1, 0.15) is 19.3 Å². The minimum atomic E-state index is 0.877. The van der Waals surface area contributed by atoms with Gasteiger partial charge in [0.15, 0.2) is 0 Å². The van der Waals surface area contributed by atoms with Crippen molar-refractivity contribution in [1.29, 1.82) is 0 Å². The molecule has 12 heavy (non-hydrogen) atoms. The summed E-state index contributed by atoms with van der Waals surface area (Å²) in [5.41, 5.74) is 0. The maximum absolute atomic E-state index is 5.41. The van der Waals surface area contributed by atoms with Crippen LogP contribution in [-0.2, 0) is 4.74 Å². The van der Waals surface area contributed by atoms with Crippen LogP contribution in [0.25, 0.3) is 0 Å². The second-order valence-corrected chi connectivity index (χ2v) is 2.89. The molecule has 1 aliphatic heterocycles. The summed E-state index contributed by atoms with van der Waals surface area (Å²) < 4.78 is 5.41. The van der Waals surface area contributed by atoms with Gasteiger partial charge in [-0.25, -0.2) is 0 Å². The Bertz CT molecular complexity index is 173. The van der Waals surface area contributed by atoms with Crippen molar-refractivity contribution < 1.29 is 4.74 Å². The van der Waals surface area contributed by atoms with Gasteiger partial charge in [-0.05, 0) is 45.0 Å². The first-order valence-electron chi connectivity index (χ1n) is 4.57. The molecular formula is C10H17NO. The van der Waals surface area contributed by atoms with E-state index in [1.165, 1.54) is 0 Å². The molecule has 1 N–H and O–H groups in total. The number of hydrogen-bond acceptors (Lipinski definition) is 2. The molecule has 0 spiro atoms. The van der Waals surface area contributed by atoms with Crippen molar-refractivity contribution in [1.82, 2.24) is 5.32 Å². The number of ether oxygens (including phenoxy) is 1. The lowest BCUT2D eigenvalue weighted by molar-refractivity contribution is 0.206. The molecule has 2 heteroatoms. The highest BCUT2D eigenvalue weighted by Gasteiger charge is 1.98. The molecule has 1 aliphatic rings. The monoisotopic (exact) mass is 167 g/mol. The first-order valence-corrected chi connectivity index (χ1v) is 4.57. The summed E-state index contributed by atoms with van der Waals surface area (Å²) in [6, 6.07) is 0. The SMILES string of the molecule is CNCC/C=C/C1=CCCCO1. The molecule has 2 nitrogen and oxygen atoms in total. The first-order chi connectivity index (χ1) is 5.93. The van der Waals surface area contributed by atoms with Crippen LogP contribution in [0.15, 0.2) is 24.0 Å². The van der Waals surface area contributed by atoms with E-state index in [1.54, 1.807) is 0 Å². The smallest absolute Gasteiger partial charge is 0.114 e. The lowest BCUT2D eigenvalue weighted by Crippen LogP contribution is -2.06. The largest absolute Gasteiger partial charge is 0.494 e. The van der Waals surface area contributed by atoms with Crippen molar-refractivity contribution in [3.05, 3.63) is 24.0 Å². The van der Waals surface area contributed by atoms with Gasteiger partial charge in [0.1, 0.15) is 5.76 Å². The van der Waals surface area contributed by atoms with E-state index in [0.717, 1.165) is 38.2 Å². The average Bonchev–Trinajstić information content (AvgIpc) is 2.14. The van der Waals surface area contributed by atoms with Crippen LogP contribution >= 0.6 is 0 Å². The summed E-state index contributed by atoms with van der Waals surface area (Å²) in [6.45, 7) is 1.91. The molecule has 0 unspecified atom stereocenters. The Kier molecular flexibility index (Phi) is 4.54. The molecule has 1 heterocycles. The standard InChI is InChI=1S/C10H17NO/c1-11-8-4-2-6-10-7-3-5-9-12-10/h2,6-7,11H,3-5,8-9H2,1H3/b6-2+. The Hall–Kier alpha value is -0.760. The van der Waals surface area contributed by atoms with Gasteiger partial charge < -0.3 is 10.1 Å². The van der Waals surface area contributed by atoms with Crippen LogP contribution in [-0.4, -0.2) is 20.2 Å². The Morgan fingerprint density at radius 2 is 2.58 bits per heavy atom. The predicted molar refractivity (Wildman–Crippen MR) is 51.0 cm³/mol. The number of allylic oxidation sites excluding steroid dienone is 2. The molecule has 0 bridgehead atoms. The van der Waals surface area contributed by atoms with Gasteiger partial charge in [0.25, 0.3) is 0 Å². The average molecular weight is 167 g/mol.